The normalized spacial score (nSPS) is 17.8. The Morgan fingerprint density at radius 2 is 1.71 bits per heavy atom. The summed E-state index contributed by atoms with van der Waals surface area (Å²) in [5.41, 5.74) is 2.20. The molecule has 0 saturated carbocycles. The van der Waals surface area contributed by atoms with Gasteiger partial charge in [0.05, 0.1) is 25.1 Å². The molecule has 0 aliphatic carbocycles. The van der Waals surface area contributed by atoms with Gasteiger partial charge in [-0.3, -0.25) is 0 Å². The summed E-state index contributed by atoms with van der Waals surface area (Å²) in [6.07, 6.45) is 3.33. The summed E-state index contributed by atoms with van der Waals surface area (Å²) in [7, 11) is 1.35. The summed E-state index contributed by atoms with van der Waals surface area (Å²) in [6, 6.07) is 10.4. The number of rotatable bonds is 8. The summed E-state index contributed by atoms with van der Waals surface area (Å²) in [5, 5.41) is 6.69. The van der Waals surface area contributed by atoms with Crippen molar-refractivity contribution in [2.75, 3.05) is 30.4 Å². The van der Waals surface area contributed by atoms with Crippen LogP contribution in [0.2, 0.25) is 0 Å². The summed E-state index contributed by atoms with van der Waals surface area (Å²) < 4.78 is 39.8. The molecule has 1 fully saturated rings. The predicted molar refractivity (Wildman–Crippen MR) is 133 cm³/mol. The molecule has 0 bridgehead atoms. The van der Waals surface area contributed by atoms with Crippen LogP contribution >= 0.6 is 0 Å². The number of halogens is 2. The van der Waals surface area contributed by atoms with Crippen LogP contribution in [0.15, 0.2) is 42.7 Å². The average molecular weight is 484 g/mol. The third kappa shape index (κ3) is 5.79. The van der Waals surface area contributed by atoms with Gasteiger partial charge in [0.25, 0.3) is 0 Å². The fourth-order valence-corrected chi connectivity index (χ4v) is 4.29. The highest BCUT2D eigenvalue weighted by Gasteiger charge is 2.21. The summed E-state index contributed by atoms with van der Waals surface area (Å²) in [5.74, 6) is -0.716. The van der Waals surface area contributed by atoms with E-state index in [-0.39, 0.29) is 17.9 Å². The second-order valence-corrected chi connectivity index (χ2v) is 8.77. The molecule has 0 amide bonds. The highest BCUT2D eigenvalue weighted by molar-refractivity contribution is 5.59. The molecule has 2 aromatic carbocycles. The molecule has 4 rings (SSSR count). The Morgan fingerprint density at radius 1 is 1.06 bits per heavy atom. The molecule has 2 heterocycles. The van der Waals surface area contributed by atoms with Crippen LogP contribution < -0.4 is 25.0 Å². The Hall–Kier alpha value is -3.46. The minimum Gasteiger partial charge on any atom is -0.494 e. The molecule has 1 aromatic heterocycles. The van der Waals surface area contributed by atoms with E-state index < -0.39 is 11.6 Å². The van der Waals surface area contributed by atoms with Crippen molar-refractivity contribution in [2.24, 2.45) is 0 Å². The fourth-order valence-electron chi connectivity index (χ4n) is 4.29. The van der Waals surface area contributed by atoms with E-state index in [0.717, 1.165) is 18.8 Å². The van der Waals surface area contributed by atoms with E-state index in [1.807, 2.05) is 12.1 Å². The second kappa shape index (κ2) is 10.9. The van der Waals surface area contributed by atoms with E-state index in [0.29, 0.717) is 35.8 Å². The number of aryl methyl sites for hydroxylation is 1. The number of hydrogen-bond donors (Lipinski definition) is 2. The molecular formula is C26H31F2N5O2. The number of nitrogens with one attached hydrogen (secondary N) is 2. The van der Waals surface area contributed by atoms with Crippen LogP contribution in [0.25, 0.3) is 0 Å². The van der Waals surface area contributed by atoms with E-state index in [2.05, 4.69) is 51.5 Å². The molecule has 35 heavy (non-hydrogen) atoms. The maximum absolute atomic E-state index is 14.6. The molecule has 1 aliphatic rings. The largest absolute Gasteiger partial charge is 0.494 e. The maximum Gasteiger partial charge on any atom is 0.227 e. The first-order chi connectivity index (χ1) is 16.9. The zero-order valence-electron chi connectivity index (χ0n) is 20.4. The Morgan fingerprint density at radius 3 is 2.31 bits per heavy atom. The number of nitrogens with zero attached hydrogens (tertiary/aromatic N) is 3. The van der Waals surface area contributed by atoms with Crippen molar-refractivity contribution in [1.29, 1.82) is 0 Å². The molecule has 7 nitrogen and oxygen atoms in total. The topological polar surface area (TPSA) is 71.5 Å². The van der Waals surface area contributed by atoms with E-state index in [1.165, 1.54) is 31.3 Å². The molecule has 1 saturated heterocycles. The lowest BCUT2D eigenvalue weighted by Gasteiger charge is -2.37. The van der Waals surface area contributed by atoms with Gasteiger partial charge in [-0.1, -0.05) is 6.92 Å². The number of hydrogen-bond acceptors (Lipinski definition) is 7. The molecule has 1 aliphatic heterocycles. The Bertz CT molecular complexity index is 1100. The molecule has 2 atom stereocenters. The Balaban J connectivity index is 1.38. The van der Waals surface area contributed by atoms with Gasteiger partial charge in [0.15, 0.2) is 17.3 Å². The third-order valence-corrected chi connectivity index (χ3v) is 5.99. The van der Waals surface area contributed by atoms with Crippen molar-refractivity contribution < 1.29 is 18.3 Å². The SMILES string of the molecule is CCc1cc(OC)c(F)c(COc2cnc(Nc3ccc(N4C[C@@H](C)N[C@@H](C)C4)cc3)nc2)c1F. The van der Waals surface area contributed by atoms with Gasteiger partial charge in [-0.2, -0.15) is 0 Å². The molecule has 0 radical (unpaired) electrons. The molecule has 0 spiro atoms. The first kappa shape index (κ1) is 24.7. The molecule has 9 heteroatoms. The van der Waals surface area contributed by atoms with Crippen LogP contribution in [-0.2, 0) is 13.0 Å². The Kier molecular flexibility index (Phi) is 7.65. The van der Waals surface area contributed by atoms with E-state index in [1.54, 1.807) is 6.92 Å². The summed E-state index contributed by atoms with van der Waals surface area (Å²) >= 11 is 0. The van der Waals surface area contributed by atoms with Gasteiger partial charge in [0.1, 0.15) is 12.4 Å². The van der Waals surface area contributed by atoms with Gasteiger partial charge >= 0.3 is 0 Å². The quantitative estimate of drug-likeness (QED) is 0.475. The standard InChI is InChI=1S/C26H31F2N5O2/c1-5-18-10-23(34-4)25(28)22(24(18)27)15-35-21-11-29-26(30-12-21)32-19-6-8-20(9-7-19)33-13-16(2)31-17(3)14-33/h6-12,16-17,31H,5,13-15H2,1-4H3,(H,29,30,32)/t16-,17+. The number of benzene rings is 2. The van der Waals surface area contributed by atoms with Crippen LogP contribution in [0.5, 0.6) is 11.5 Å². The molecule has 3 aromatic rings. The first-order valence-corrected chi connectivity index (χ1v) is 11.7. The van der Waals surface area contributed by atoms with Crippen molar-refractivity contribution in [3.63, 3.8) is 0 Å². The summed E-state index contributed by atoms with van der Waals surface area (Å²) in [4.78, 5) is 10.9. The summed E-state index contributed by atoms with van der Waals surface area (Å²) in [6.45, 7) is 7.79. The van der Waals surface area contributed by atoms with Crippen molar-refractivity contribution in [1.82, 2.24) is 15.3 Å². The van der Waals surface area contributed by atoms with Crippen molar-refractivity contribution in [2.45, 2.75) is 45.9 Å². The molecule has 0 unspecified atom stereocenters. The zero-order chi connectivity index (χ0) is 24.9. The average Bonchev–Trinajstić information content (AvgIpc) is 2.85. The third-order valence-electron chi connectivity index (χ3n) is 5.99. The fraction of sp³-hybridized carbons (Fsp3) is 0.385. The van der Waals surface area contributed by atoms with Crippen LogP contribution in [0.4, 0.5) is 26.1 Å². The highest BCUT2D eigenvalue weighted by Crippen LogP contribution is 2.28. The lowest BCUT2D eigenvalue weighted by molar-refractivity contribution is 0.285. The van der Waals surface area contributed by atoms with E-state index in [4.69, 9.17) is 9.47 Å². The van der Waals surface area contributed by atoms with Crippen LogP contribution in [0.3, 0.4) is 0 Å². The molecule has 2 N–H and O–H groups in total. The molecule has 186 valence electrons. The van der Waals surface area contributed by atoms with Crippen molar-refractivity contribution in [3.8, 4) is 11.5 Å². The van der Waals surface area contributed by atoms with Crippen LogP contribution in [-0.4, -0.2) is 42.3 Å². The maximum atomic E-state index is 14.6. The number of aromatic nitrogens is 2. The second-order valence-electron chi connectivity index (χ2n) is 8.77. The van der Waals surface area contributed by atoms with Gasteiger partial charge in [-0.15, -0.1) is 0 Å². The number of piperazine rings is 1. The molecular weight excluding hydrogens is 452 g/mol. The minimum atomic E-state index is -0.769. The van der Waals surface area contributed by atoms with Gasteiger partial charge in [0, 0.05) is 36.5 Å². The number of ether oxygens (including phenoxy) is 2. The van der Waals surface area contributed by atoms with Crippen LogP contribution in [0, 0.1) is 11.6 Å². The smallest absolute Gasteiger partial charge is 0.227 e. The predicted octanol–water partition coefficient (Wildman–Crippen LogP) is 4.84. The van der Waals surface area contributed by atoms with Gasteiger partial charge in [-0.05, 0) is 56.2 Å². The van der Waals surface area contributed by atoms with Gasteiger partial charge in [-0.25, -0.2) is 18.7 Å². The van der Waals surface area contributed by atoms with E-state index in [9.17, 15) is 8.78 Å². The van der Waals surface area contributed by atoms with Crippen LogP contribution in [0.1, 0.15) is 31.9 Å². The van der Waals surface area contributed by atoms with Gasteiger partial charge < -0.3 is 25.0 Å². The monoisotopic (exact) mass is 483 g/mol. The lowest BCUT2D eigenvalue weighted by atomic mass is 10.1. The van der Waals surface area contributed by atoms with Gasteiger partial charge in [0.2, 0.25) is 5.95 Å². The minimum absolute atomic E-state index is 0.00959. The highest BCUT2D eigenvalue weighted by atomic mass is 19.1. The first-order valence-electron chi connectivity index (χ1n) is 11.7. The zero-order valence-corrected chi connectivity index (χ0v) is 20.4. The lowest BCUT2D eigenvalue weighted by Crippen LogP contribution is -2.54. The number of anilines is 3. The van der Waals surface area contributed by atoms with E-state index >= 15 is 0 Å². The van der Waals surface area contributed by atoms with Crippen molar-refractivity contribution in [3.05, 3.63) is 65.5 Å². The number of methoxy groups -OCH3 is 1. The Labute approximate surface area is 204 Å². The van der Waals surface area contributed by atoms with Crippen molar-refractivity contribution >= 4 is 17.3 Å².